The van der Waals surface area contributed by atoms with Crippen molar-refractivity contribution >= 4 is 21.8 Å². The smallest absolute Gasteiger partial charge is 0.274 e. The molecule has 1 N–H and O–H groups in total. The fourth-order valence-corrected chi connectivity index (χ4v) is 3.73. The Labute approximate surface area is 165 Å². The second kappa shape index (κ2) is 7.62. The molecule has 0 bridgehead atoms. The molecule has 0 aliphatic carbocycles. The van der Waals surface area contributed by atoms with Crippen LogP contribution in [0.4, 0.5) is 0 Å². The van der Waals surface area contributed by atoms with E-state index in [1.54, 1.807) is 0 Å². The van der Waals surface area contributed by atoms with E-state index in [9.17, 15) is 4.79 Å². The average molecular weight is 427 g/mol. The molecule has 0 unspecified atom stereocenters. The van der Waals surface area contributed by atoms with Gasteiger partial charge >= 0.3 is 0 Å². The van der Waals surface area contributed by atoms with Gasteiger partial charge in [0.1, 0.15) is 0 Å². The molecule has 1 aliphatic rings. The Morgan fingerprint density at radius 2 is 1.89 bits per heavy atom. The molecule has 1 aromatic heterocycles. The van der Waals surface area contributed by atoms with Crippen LogP contribution in [0.1, 0.15) is 28.9 Å². The number of aromatic nitrogens is 3. The fourth-order valence-electron chi connectivity index (χ4n) is 3.33. The second-order valence-corrected chi connectivity index (χ2v) is 7.43. The summed E-state index contributed by atoms with van der Waals surface area (Å²) < 4.78 is 6.51. The standard InChI is InChI=1S/C20H19BrN4O2/c21-16-6-4-5-15(13-16)20(9-11-27-12-10-20)23-19(26)18-14-22-25(24-18)17-7-2-1-3-8-17/h1-8,13-14H,9-12H2,(H,23,26). The first-order valence-electron chi connectivity index (χ1n) is 8.80. The lowest BCUT2D eigenvalue weighted by Gasteiger charge is -2.38. The molecule has 0 spiro atoms. The molecule has 0 radical (unpaired) electrons. The summed E-state index contributed by atoms with van der Waals surface area (Å²) in [5.74, 6) is -0.237. The number of carbonyl (C=O) groups excluding carboxylic acids is 1. The molecule has 1 saturated heterocycles. The summed E-state index contributed by atoms with van der Waals surface area (Å²) in [5.41, 5.74) is 1.68. The van der Waals surface area contributed by atoms with Crippen molar-refractivity contribution < 1.29 is 9.53 Å². The normalized spacial score (nSPS) is 16.0. The summed E-state index contributed by atoms with van der Waals surface area (Å²) >= 11 is 3.52. The Morgan fingerprint density at radius 3 is 2.63 bits per heavy atom. The molecule has 2 aromatic carbocycles. The summed E-state index contributed by atoms with van der Waals surface area (Å²) in [5, 5.41) is 11.8. The van der Waals surface area contributed by atoms with Crippen molar-refractivity contribution in [2.75, 3.05) is 13.2 Å². The topological polar surface area (TPSA) is 69.0 Å². The van der Waals surface area contributed by atoms with Crippen LogP contribution in [0, 0.1) is 0 Å². The summed E-state index contributed by atoms with van der Waals surface area (Å²) in [7, 11) is 0. The van der Waals surface area contributed by atoms with E-state index >= 15 is 0 Å². The molecule has 4 rings (SSSR count). The quantitative estimate of drug-likeness (QED) is 0.693. The minimum absolute atomic E-state index is 0.237. The zero-order valence-electron chi connectivity index (χ0n) is 14.6. The molecule has 138 valence electrons. The lowest BCUT2D eigenvalue weighted by Crippen LogP contribution is -2.49. The number of hydrogen-bond donors (Lipinski definition) is 1. The maximum absolute atomic E-state index is 12.9. The number of rotatable bonds is 4. The van der Waals surface area contributed by atoms with Crippen LogP contribution in [0.25, 0.3) is 5.69 Å². The van der Waals surface area contributed by atoms with E-state index in [0.717, 1.165) is 15.7 Å². The van der Waals surface area contributed by atoms with E-state index in [0.29, 0.717) is 31.7 Å². The van der Waals surface area contributed by atoms with Crippen molar-refractivity contribution in [2.24, 2.45) is 0 Å². The Hall–Kier alpha value is -2.51. The van der Waals surface area contributed by atoms with Crippen molar-refractivity contribution in [1.29, 1.82) is 0 Å². The Bertz CT molecular complexity index is 936. The van der Waals surface area contributed by atoms with Crippen molar-refractivity contribution in [3.8, 4) is 5.69 Å². The monoisotopic (exact) mass is 426 g/mol. The number of hydrogen-bond acceptors (Lipinski definition) is 4. The molecule has 1 aliphatic heterocycles. The van der Waals surface area contributed by atoms with Crippen LogP contribution in [0.2, 0.25) is 0 Å². The first-order valence-corrected chi connectivity index (χ1v) is 9.60. The highest BCUT2D eigenvalue weighted by Crippen LogP contribution is 2.33. The highest BCUT2D eigenvalue weighted by Gasteiger charge is 2.36. The number of nitrogens with one attached hydrogen (secondary N) is 1. The Morgan fingerprint density at radius 1 is 1.11 bits per heavy atom. The number of carbonyl (C=O) groups is 1. The van der Waals surface area contributed by atoms with Gasteiger partial charge in [-0.3, -0.25) is 4.79 Å². The van der Waals surface area contributed by atoms with Gasteiger partial charge in [0.05, 0.1) is 17.4 Å². The summed E-state index contributed by atoms with van der Waals surface area (Å²) in [6.07, 6.45) is 2.92. The van der Waals surface area contributed by atoms with E-state index in [2.05, 4.69) is 31.4 Å². The number of ether oxygens (including phenoxy) is 1. The molecule has 7 heteroatoms. The summed E-state index contributed by atoms with van der Waals surface area (Å²) in [6.45, 7) is 1.20. The van der Waals surface area contributed by atoms with Gasteiger partial charge < -0.3 is 10.1 Å². The SMILES string of the molecule is O=C(NC1(c2cccc(Br)c2)CCOCC1)c1cnn(-c2ccccc2)n1. The Balaban J connectivity index is 1.60. The molecule has 0 atom stereocenters. The van der Waals surface area contributed by atoms with Gasteiger partial charge in [-0.1, -0.05) is 46.3 Å². The highest BCUT2D eigenvalue weighted by atomic mass is 79.9. The largest absolute Gasteiger partial charge is 0.381 e. The summed E-state index contributed by atoms with van der Waals surface area (Å²) in [4.78, 5) is 14.4. The Kier molecular flexibility index (Phi) is 5.05. The minimum Gasteiger partial charge on any atom is -0.381 e. The zero-order chi connectivity index (χ0) is 18.7. The predicted molar refractivity (Wildman–Crippen MR) is 105 cm³/mol. The highest BCUT2D eigenvalue weighted by molar-refractivity contribution is 9.10. The third-order valence-corrected chi connectivity index (χ3v) is 5.28. The van der Waals surface area contributed by atoms with Crippen molar-refractivity contribution in [3.63, 3.8) is 0 Å². The van der Waals surface area contributed by atoms with Crippen molar-refractivity contribution in [3.05, 3.63) is 76.5 Å². The van der Waals surface area contributed by atoms with Crippen LogP contribution in [0.5, 0.6) is 0 Å². The lowest BCUT2D eigenvalue weighted by atomic mass is 9.82. The van der Waals surface area contributed by atoms with E-state index in [4.69, 9.17) is 4.74 Å². The van der Waals surface area contributed by atoms with Crippen LogP contribution in [0.3, 0.4) is 0 Å². The first-order chi connectivity index (χ1) is 13.2. The van der Waals surface area contributed by atoms with Crippen LogP contribution in [-0.2, 0) is 10.3 Å². The van der Waals surface area contributed by atoms with Crippen molar-refractivity contribution in [1.82, 2.24) is 20.3 Å². The van der Waals surface area contributed by atoms with Crippen LogP contribution in [0.15, 0.2) is 65.3 Å². The van der Waals surface area contributed by atoms with Gasteiger partial charge in [-0.05, 0) is 42.7 Å². The maximum atomic E-state index is 12.9. The van der Waals surface area contributed by atoms with Crippen LogP contribution < -0.4 is 5.32 Å². The average Bonchev–Trinajstić information content (AvgIpc) is 3.20. The molecule has 0 saturated carbocycles. The number of benzene rings is 2. The molecule has 27 heavy (non-hydrogen) atoms. The molecular formula is C20H19BrN4O2. The van der Waals surface area contributed by atoms with Gasteiger partial charge in [0.15, 0.2) is 5.69 Å². The number of halogens is 1. The molecular weight excluding hydrogens is 408 g/mol. The number of para-hydroxylation sites is 1. The van der Waals surface area contributed by atoms with Crippen LogP contribution >= 0.6 is 15.9 Å². The maximum Gasteiger partial charge on any atom is 0.274 e. The molecule has 1 amide bonds. The fraction of sp³-hybridized carbons (Fsp3) is 0.250. The second-order valence-electron chi connectivity index (χ2n) is 6.51. The summed E-state index contributed by atoms with van der Waals surface area (Å²) in [6, 6.07) is 17.6. The predicted octanol–water partition coefficient (Wildman–Crippen LogP) is 3.47. The number of nitrogens with zero attached hydrogens (tertiary/aromatic N) is 3. The van der Waals surface area contributed by atoms with E-state index in [-0.39, 0.29) is 5.91 Å². The first kappa shape index (κ1) is 17.9. The van der Waals surface area contributed by atoms with Gasteiger partial charge in [-0.15, -0.1) is 5.10 Å². The lowest BCUT2D eigenvalue weighted by molar-refractivity contribution is 0.0343. The van der Waals surface area contributed by atoms with Gasteiger partial charge in [0.25, 0.3) is 5.91 Å². The molecule has 6 nitrogen and oxygen atoms in total. The van der Waals surface area contributed by atoms with E-state index in [1.165, 1.54) is 11.0 Å². The van der Waals surface area contributed by atoms with Gasteiger partial charge in [-0.25, -0.2) is 0 Å². The van der Waals surface area contributed by atoms with Gasteiger partial charge in [0, 0.05) is 17.7 Å². The third kappa shape index (κ3) is 3.79. The molecule has 1 fully saturated rings. The minimum atomic E-state index is -0.477. The molecule has 2 heterocycles. The zero-order valence-corrected chi connectivity index (χ0v) is 16.2. The molecule has 3 aromatic rings. The van der Waals surface area contributed by atoms with Gasteiger partial charge in [0.2, 0.25) is 0 Å². The third-order valence-electron chi connectivity index (χ3n) is 4.79. The van der Waals surface area contributed by atoms with Crippen molar-refractivity contribution in [2.45, 2.75) is 18.4 Å². The number of amides is 1. The van der Waals surface area contributed by atoms with Gasteiger partial charge in [-0.2, -0.15) is 9.90 Å². The van der Waals surface area contributed by atoms with E-state index in [1.807, 2.05) is 54.6 Å². The van der Waals surface area contributed by atoms with E-state index < -0.39 is 5.54 Å². The van der Waals surface area contributed by atoms with Crippen LogP contribution in [-0.4, -0.2) is 34.1 Å².